The van der Waals surface area contributed by atoms with Crippen LogP contribution < -0.4 is 0 Å². The molecular weight excluding hydrogens is 611 g/mol. The van der Waals surface area contributed by atoms with E-state index in [1.54, 1.807) is 0 Å². The van der Waals surface area contributed by atoms with Gasteiger partial charge in [-0.15, -0.1) is 0 Å². The fourth-order valence-corrected chi connectivity index (χ4v) is 7.93. The minimum atomic E-state index is 0.691. The summed E-state index contributed by atoms with van der Waals surface area (Å²) in [4.78, 5) is 10.2. The van der Waals surface area contributed by atoms with Crippen molar-refractivity contribution in [3.63, 3.8) is 0 Å². The van der Waals surface area contributed by atoms with Crippen LogP contribution in [-0.2, 0) is 0 Å². The van der Waals surface area contributed by atoms with E-state index in [9.17, 15) is 0 Å². The number of nitrogens with zero attached hydrogens (tertiary/aromatic N) is 3. The second kappa shape index (κ2) is 10.4. The molecule has 50 heavy (non-hydrogen) atoms. The Kier molecular flexibility index (Phi) is 5.63. The zero-order chi connectivity index (χ0) is 32.8. The van der Waals surface area contributed by atoms with Crippen molar-refractivity contribution in [1.82, 2.24) is 14.5 Å². The molecule has 0 bridgehead atoms. The van der Waals surface area contributed by atoms with Gasteiger partial charge < -0.3 is 8.98 Å². The number of rotatable bonds is 3. The molecule has 0 spiro atoms. The minimum Gasteiger partial charge on any atom is -0.454 e. The Labute approximate surface area is 286 Å². The van der Waals surface area contributed by atoms with Gasteiger partial charge in [-0.05, 0) is 64.0 Å². The largest absolute Gasteiger partial charge is 0.454 e. The molecule has 0 aliphatic carbocycles. The number of furan rings is 1. The molecule has 3 heterocycles. The summed E-state index contributed by atoms with van der Waals surface area (Å²) >= 11 is 0. The van der Waals surface area contributed by atoms with Crippen LogP contribution in [0, 0.1) is 0 Å². The van der Waals surface area contributed by atoms with Crippen molar-refractivity contribution in [3.8, 4) is 28.3 Å². The highest BCUT2D eigenvalue weighted by Crippen LogP contribution is 2.43. The van der Waals surface area contributed by atoms with Crippen molar-refractivity contribution in [2.45, 2.75) is 0 Å². The van der Waals surface area contributed by atoms with Crippen LogP contribution in [0.5, 0.6) is 0 Å². The van der Waals surface area contributed by atoms with Crippen LogP contribution in [0.4, 0.5) is 0 Å². The Morgan fingerprint density at radius 2 is 1.08 bits per heavy atom. The zero-order valence-electron chi connectivity index (χ0n) is 26.8. The van der Waals surface area contributed by atoms with Crippen molar-refractivity contribution in [3.05, 3.63) is 164 Å². The molecule has 232 valence electrons. The molecule has 0 unspecified atom stereocenters. The van der Waals surface area contributed by atoms with Gasteiger partial charge in [-0.25, -0.2) is 9.97 Å². The topological polar surface area (TPSA) is 43.9 Å². The third-order valence-electron chi connectivity index (χ3n) is 10.2. The zero-order valence-corrected chi connectivity index (χ0v) is 26.8. The summed E-state index contributed by atoms with van der Waals surface area (Å²) < 4.78 is 9.16. The lowest BCUT2D eigenvalue weighted by Crippen LogP contribution is -1.95. The highest BCUT2D eigenvalue weighted by Gasteiger charge is 2.21. The molecule has 11 rings (SSSR count). The Morgan fingerprint density at radius 1 is 0.440 bits per heavy atom. The summed E-state index contributed by atoms with van der Waals surface area (Å²) in [5.41, 5.74) is 8.87. The average Bonchev–Trinajstić information content (AvgIpc) is 3.74. The minimum absolute atomic E-state index is 0.691. The fraction of sp³-hybridized carbons (Fsp3) is 0. The Morgan fingerprint density at radius 3 is 1.82 bits per heavy atom. The highest BCUT2D eigenvalue weighted by molar-refractivity contribution is 6.29. The Bertz CT molecular complexity index is 3060. The van der Waals surface area contributed by atoms with Crippen molar-refractivity contribution in [1.29, 1.82) is 0 Å². The summed E-state index contributed by atoms with van der Waals surface area (Å²) in [6.07, 6.45) is 0. The van der Waals surface area contributed by atoms with E-state index >= 15 is 0 Å². The van der Waals surface area contributed by atoms with Crippen molar-refractivity contribution in [2.24, 2.45) is 0 Å². The van der Waals surface area contributed by atoms with E-state index in [0.29, 0.717) is 5.82 Å². The number of hydrogen-bond acceptors (Lipinski definition) is 3. The van der Waals surface area contributed by atoms with Crippen LogP contribution in [-0.4, -0.2) is 14.5 Å². The third kappa shape index (κ3) is 3.87. The lowest BCUT2D eigenvalue weighted by atomic mass is 10.00. The molecule has 0 radical (unpaired) electrons. The molecule has 0 fully saturated rings. The number of fused-ring (bicyclic) bond motifs is 11. The first-order valence-corrected chi connectivity index (χ1v) is 16.9. The summed E-state index contributed by atoms with van der Waals surface area (Å²) in [5.74, 6) is 0.691. The predicted molar refractivity (Wildman–Crippen MR) is 207 cm³/mol. The summed E-state index contributed by atoms with van der Waals surface area (Å²) in [6, 6.07) is 57.7. The summed E-state index contributed by atoms with van der Waals surface area (Å²) in [6.45, 7) is 0. The van der Waals surface area contributed by atoms with E-state index in [1.807, 2.05) is 18.2 Å². The maximum absolute atomic E-state index is 6.77. The van der Waals surface area contributed by atoms with Crippen LogP contribution in [0.2, 0.25) is 0 Å². The molecule has 0 amide bonds. The van der Waals surface area contributed by atoms with Gasteiger partial charge in [0.25, 0.3) is 0 Å². The van der Waals surface area contributed by atoms with E-state index in [4.69, 9.17) is 14.4 Å². The van der Waals surface area contributed by atoms with Crippen LogP contribution >= 0.6 is 0 Å². The average molecular weight is 638 g/mol. The van der Waals surface area contributed by atoms with Gasteiger partial charge in [-0.1, -0.05) is 121 Å². The molecule has 4 nitrogen and oxygen atoms in total. The lowest BCUT2D eigenvalue weighted by molar-refractivity contribution is 0.666. The van der Waals surface area contributed by atoms with E-state index in [1.165, 1.54) is 32.3 Å². The third-order valence-corrected chi connectivity index (χ3v) is 10.2. The van der Waals surface area contributed by atoms with Crippen LogP contribution in [0.3, 0.4) is 0 Å². The first kappa shape index (κ1) is 27.2. The maximum atomic E-state index is 6.77. The predicted octanol–water partition coefficient (Wildman–Crippen LogP) is 12.3. The molecule has 0 aliphatic rings. The highest BCUT2D eigenvalue weighted by atomic mass is 16.3. The van der Waals surface area contributed by atoms with Crippen LogP contribution in [0.1, 0.15) is 0 Å². The first-order valence-electron chi connectivity index (χ1n) is 16.9. The Balaban J connectivity index is 1.17. The molecule has 0 saturated carbocycles. The standard InChI is InChI=1S/C46H27N3O/c1-2-13-30(14-3-1)44-35-17-8-9-19-37(35)47-46(48-44)31-23-26-41-36(27-31)34-18-10-20-40(45(34)50-41)49-38-24-21-28-11-4-6-15-32(28)42(38)43-33-16-7-5-12-29(33)22-25-39(43)49/h1-27H. The van der Waals surface area contributed by atoms with Gasteiger partial charge in [-0.3, -0.25) is 0 Å². The number of para-hydroxylation sites is 2. The quantitative estimate of drug-likeness (QED) is 0.194. The van der Waals surface area contributed by atoms with Gasteiger partial charge in [0, 0.05) is 38.1 Å². The monoisotopic (exact) mass is 637 g/mol. The van der Waals surface area contributed by atoms with E-state index in [2.05, 4.69) is 150 Å². The van der Waals surface area contributed by atoms with Gasteiger partial charge in [0.15, 0.2) is 11.4 Å². The van der Waals surface area contributed by atoms with Crippen molar-refractivity contribution >= 4 is 76.2 Å². The van der Waals surface area contributed by atoms with Crippen molar-refractivity contribution in [2.75, 3.05) is 0 Å². The van der Waals surface area contributed by atoms with Crippen molar-refractivity contribution < 1.29 is 4.42 Å². The number of aromatic nitrogens is 3. The fourth-order valence-electron chi connectivity index (χ4n) is 7.93. The van der Waals surface area contributed by atoms with Gasteiger partial charge in [0.2, 0.25) is 0 Å². The molecule has 3 aromatic heterocycles. The molecular formula is C46H27N3O. The second-order valence-corrected chi connectivity index (χ2v) is 12.9. The molecule has 0 aliphatic heterocycles. The second-order valence-electron chi connectivity index (χ2n) is 12.9. The van der Waals surface area contributed by atoms with Gasteiger partial charge >= 0.3 is 0 Å². The first-order chi connectivity index (χ1) is 24.8. The number of hydrogen-bond donors (Lipinski definition) is 0. The van der Waals surface area contributed by atoms with Gasteiger partial charge in [-0.2, -0.15) is 0 Å². The molecule has 8 aromatic carbocycles. The molecule has 0 saturated heterocycles. The normalized spacial score (nSPS) is 12.0. The molecule has 0 atom stereocenters. The smallest absolute Gasteiger partial charge is 0.160 e. The van der Waals surface area contributed by atoms with E-state index < -0.39 is 0 Å². The van der Waals surface area contributed by atoms with E-state index in [0.717, 1.165) is 66.4 Å². The molecule has 4 heteroatoms. The molecule has 0 N–H and O–H groups in total. The lowest BCUT2D eigenvalue weighted by Gasteiger charge is -2.09. The Hall–Kier alpha value is -6.78. The number of benzene rings is 8. The van der Waals surface area contributed by atoms with E-state index in [-0.39, 0.29) is 0 Å². The van der Waals surface area contributed by atoms with Gasteiger partial charge in [0.1, 0.15) is 5.58 Å². The summed E-state index contributed by atoms with van der Waals surface area (Å²) in [5, 5.41) is 10.6. The summed E-state index contributed by atoms with van der Waals surface area (Å²) in [7, 11) is 0. The SMILES string of the molecule is c1ccc(-c2nc(-c3ccc4oc5c(-n6c7ccc8ccccc8c7c7c8ccccc8ccc76)cccc5c4c3)nc3ccccc23)cc1. The maximum Gasteiger partial charge on any atom is 0.160 e. The molecule has 11 aromatic rings. The van der Waals surface area contributed by atoms with Gasteiger partial charge in [0.05, 0.1) is 27.9 Å². The van der Waals surface area contributed by atoms with Crippen LogP contribution in [0.15, 0.2) is 168 Å². The van der Waals surface area contributed by atoms with Crippen LogP contribution in [0.25, 0.3) is 105 Å².